The van der Waals surface area contributed by atoms with Crippen LogP contribution in [-0.2, 0) is 0 Å². The molecular formula is C8H18NO+. The largest absolute Gasteiger partial charge is 0.217 e. The highest BCUT2D eigenvalue weighted by Crippen LogP contribution is 2.15. The average molecular weight is 144 g/mol. The molecule has 0 aromatic rings. The quantitative estimate of drug-likeness (QED) is 0.586. The van der Waals surface area contributed by atoms with E-state index >= 15 is 0 Å². The van der Waals surface area contributed by atoms with E-state index in [4.69, 9.17) is 0 Å². The van der Waals surface area contributed by atoms with Crippen LogP contribution in [0.1, 0.15) is 32.6 Å². The topological polar surface area (TPSA) is 20.2 Å². The number of rotatable bonds is 2. The molecule has 0 unspecified atom stereocenters. The first-order valence-electron chi connectivity index (χ1n) is 4.36. The molecule has 1 N–H and O–H groups in total. The van der Waals surface area contributed by atoms with Crippen molar-refractivity contribution >= 4 is 0 Å². The average Bonchev–Trinajstić information content (AvgIpc) is 1.89. The van der Waals surface area contributed by atoms with Gasteiger partial charge in [-0.2, -0.15) is 4.65 Å². The molecule has 1 saturated heterocycles. The van der Waals surface area contributed by atoms with Crippen molar-refractivity contribution < 1.29 is 9.85 Å². The van der Waals surface area contributed by atoms with Crippen LogP contribution in [0.25, 0.3) is 0 Å². The Hall–Kier alpha value is -0.0800. The molecule has 0 aliphatic carbocycles. The molecule has 60 valence electrons. The van der Waals surface area contributed by atoms with Crippen LogP contribution in [0.5, 0.6) is 0 Å². The van der Waals surface area contributed by atoms with Crippen LogP contribution in [0, 0.1) is 0 Å². The lowest BCUT2D eigenvalue weighted by atomic mass is 10.1. The predicted octanol–water partition coefficient (Wildman–Crippen LogP) is 1.79. The Morgan fingerprint density at radius 3 is 2.30 bits per heavy atom. The second-order valence-corrected chi connectivity index (χ2v) is 3.33. The Kier molecular flexibility index (Phi) is 2.69. The van der Waals surface area contributed by atoms with E-state index in [0.29, 0.717) is 4.65 Å². The summed E-state index contributed by atoms with van der Waals surface area (Å²) in [5, 5.41) is 9.81. The van der Waals surface area contributed by atoms with Crippen molar-refractivity contribution in [2.45, 2.75) is 32.6 Å². The monoisotopic (exact) mass is 144 g/mol. The van der Waals surface area contributed by atoms with Gasteiger partial charge in [0.05, 0.1) is 0 Å². The van der Waals surface area contributed by atoms with Gasteiger partial charge in [-0.3, -0.25) is 0 Å². The summed E-state index contributed by atoms with van der Waals surface area (Å²) >= 11 is 0. The summed E-state index contributed by atoms with van der Waals surface area (Å²) in [4.78, 5) is 0. The molecule has 1 rings (SSSR count). The van der Waals surface area contributed by atoms with Gasteiger partial charge in [0.2, 0.25) is 0 Å². The third-order valence-electron chi connectivity index (χ3n) is 2.29. The van der Waals surface area contributed by atoms with E-state index in [2.05, 4.69) is 6.92 Å². The van der Waals surface area contributed by atoms with Gasteiger partial charge in [-0.05, 0) is 25.7 Å². The van der Waals surface area contributed by atoms with Crippen molar-refractivity contribution in [2.75, 3.05) is 19.6 Å². The molecule has 2 heteroatoms. The summed E-state index contributed by atoms with van der Waals surface area (Å²) in [6.45, 7) is 5.03. The zero-order chi connectivity index (χ0) is 7.45. The summed E-state index contributed by atoms with van der Waals surface area (Å²) in [5.74, 6) is 0. The van der Waals surface area contributed by atoms with Crippen molar-refractivity contribution in [3.05, 3.63) is 0 Å². The summed E-state index contributed by atoms with van der Waals surface area (Å²) in [5.41, 5.74) is 0. The maximum atomic E-state index is 9.81. The van der Waals surface area contributed by atoms with E-state index < -0.39 is 0 Å². The smallest absolute Gasteiger partial charge is 0.109 e. The Morgan fingerprint density at radius 2 is 1.80 bits per heavy atom. The molecule has 1 aliphatic rings. The van der Waals surface area contributed by atoms with Crippen LogP contribution >= 0.6 is 0 Å². The van der Waals surface area contributed by atoms with E-state index in [-0.39, 0.29) is 0 Å². The normalized spacial score (nSPS) is 24.6. The Labute approximate surface area is 63.0 Å². The molecule has 0 atom stereocenters. The highest BCUT2D eigenvalue weighted by molar-refractivity contribution is 4.48. The minimum atomic E-state index is 0.344. The Balaban J connectivity index is 2.32. The highest BCUT2D eigenvalue weighted by atomic mass is 16.5. The van der Waals surface area contributed by atoms with E-state index in [0.717, 1.165) is 26.1 Å². The van der Waals surface area contributed by atoms with Crippen molar-refractivity contribution in [2.24, 2.45) is 0 Å². The molecular weight excluding hydrogens is 126 g/mol. The Bertz CT molecular complexity index is 91.9. The van der Waals surface area contributed by atoms with Crippen molar-refractivity contribution in [3.63, 3.8) is 0 Å². The Morgan fingerprint density at radius 1 is 1.20 bits per heavy atom. The summed E-state index contributed by atoms with van der Waals surface area (Å²) in [6.07, 6.45) is 4.81. The molecule has 0 amide bonds. The zero-order valence-electron chi connectivity index (χ0n) is 6.84. The number of quaternary nitrogens is 1. The first kappa shape index (κ1) is 8.02. The zero-order valence-corrected chi connectivity index (χ0v) is 6.84. The van der Waals surface area contributed by atoms with Crippen LogP contribution in [0.15, 0.2) is 0 Å². The van der Waals surface area contributed by atoms with Gasteiger partial charge in [0.15, 0.2) is 0 Å². The number of hydrogen-bond acceptors (Lipinski definition) is 1. The minimum absolute atomic E-state index is 0.344. The van der Waals surface area contributed by atoms with E-state index in [1.165, 1.54) is 19.3 Å². The molecule has 0 aromatic heterocycles. The lowest BCUT2D eigenvalue weighted by Crippen LogP contribution is -2.48. The molecule has 0 spiro atoms. The number of piperidine rings is 1. The van der Waals surface area contributed by atoms with Crippen molar-refractivity contribution in [1.29, 1.82) is 0 Å². The van der Waals surface area contributed by atoms with Crippen LogP contribution in [0.2, 0.25) is 0 Å². The fourth-order valence-corrected chi connectivity index (χ4v) is 1.74. The van der Waals surface area contributed by atoms with Gasteiger partial charge in [-0.1, -0.05) is 6.92 Å². The first-order chi connectivity index (χ1) is 4.77. The molecule has 10 heavy (non-hydrogen) atoms. The predicted molar refractivity (Wildman–Crippen MR) is 40.8 cm³/mol. The van der Waals surface area contributed by atoms with Crippen LogP contribution in [0.3, 0.4) is 0 Å². The van der Waals surface area contributed by atoms with Crippen LogP contribution in [0.4, 0.5) is 0 Å². The van der Waals surface area contributed by atoms with Crippen LogP contribution in [-0.4, -0.2) is 29.5 Å². The van der Waals surface area contributed by atoms with Crippen molar-refractivity contribution in [1.82, 2.24) is 0 Å². The molecule has 1 fully saturated rings. The van der Waals surface area contributed by atoms with Gasteiger partial charge in [-0.25, -0.2) is 5.21 Å². The van der Waals surface area contributed by atoms with Gasteiger partial charge in [0, 0.05) is 0 Å². The standard InChI is InChI=1S/C8H18NO/c1-2-6-9(10)7-4-3-5-8-9/h10H,2-8H2,1H3/q+1. The van der Waals surface area contributed by atoms with Gasteiger partial charge >= 0.3 is 0 Å². The van der Waals surface area contributed by atoms with Gasteiger partial charge in [0.25, 0.3) is 0 Å². The molecule has 0 saturated carbocycles. The maximum Gasteiger partial charge on any atom is 0.109 e. The van der Waals surface area contributed by atoms with Gasteiger partial charge < -0.3 is 0 Å². The van der Waals surface area contributed by atoms with E-state index in [1.807, 2.05) is 0 Å². The molecule has 0 aromatic carbocycles. The lowest BCUT2D eigenvalue weighted by Gasteiger charge is -2.33. The fraction of sp³-hybridized carbons (Fsp3) is 1.00. The van der Waals surface area contributed by atoms with E-state index in [9.17, 15) is 5.21 Å². The second-order valence-electron chi connectivity index (χ2n) is 3.33. The lowest BCUT2D eigenvalue weighted by molar-refractivity contribution is -1.10. The molecule has 1 aliphatic heterocycles. The minimum Gasteiger partial charge on any atom is -0.217 e. The molecule has 2 nitrogen and oxygen atoms in total. The second kappa shape index (κ2) is 3.35. The maximum absolute atomic E-state index is 9.81. The summed E-state index contributed by atoms with van der Waals surface area (Å²) in [7, 11) is 0. The van der Waals surface area contributed by atoms with Crippen molar-refractivity contribution in [3.8, 4) is 0 Å². The van der Waals surface area contributed by atoms with E-state index in [1.54, 1.807) is 0 Å². The highest BCUT2D eigenvalue weighted by Gasteiger charge is 2.26. The van der Waals surface area contributed by atoms with Gasteiger partial charge in [-0.15, -0.1) is 0 Å². The first-order valence-corrected chi connectivity index (χ1v) is 4.36. The summed E-state index contributed by atoms with van der Waals surface area (Å²) < 4.78 is 0.344. The third kappa shape index (κ3) is 1.96. The number of hydrogen-bond donors (Lipinski definition) is 1. The SMILES string of the molecule is CCC[N+]1(O)CCCCC1. The number of hydroxylamine groups is 3. The number of nitrogens with zero attached hydrogens (tertiary/aromatic N) is 1. The molecule has 0 radical (unpaired) electrons. The third-order valence-corrected chi connectivity index (χ3v) is 2.29. The molecule has 0 bridgehead atoms. The molecule has 1 heterocycles. The van der Waals surface area contributed by atoms with Gasteiger partial charge in [0.1, 0.15) is 19.6 Å². The fourth-order valence-electron chi connectivity index (χ4n) is 1.74. The number of likely N-dealkylation sites (tertiary alicyclic amines) is 1. The summed E-state index contributed by atoms with van der Waals surface area (Å²) in [6, 6.07) is 0. The van der Waals surface area contributed by atoms with Crippen LogP contribution < -0.4 is 0 Å².